The first-order chi connectivity index (χ1) is 12.0. The second-order valence-corrected chi connectivity index (χ2v) is 6.03. The van der Waals surface area contributed by atoms with Crippen molar-refractivity contribution < 1.29 is 19.2 Å². The number of hydrogen-bond acceptors (Lipinski definition) is 8. The van der Waals surface area contributed by atoms with Gasteiger partial charge in [0.05, 0.1) is 16.3 Å². The van der Waals surface area contributed by atoms with Gasteiger partial charge in [-0.25, -0.2) is 10.4 Å². The van der Waals surface area contributed by atoms with Crippen LogP contribution in [0.25, 0.3) is 10.2 Å². The molecule has 0 saturated carbocycles. The molecule has 0 bridgehead atoms. The van der Waals surface area contributed by atoms with Gasteiger partial charge in [-0.05, 0) is 12.1 Å². The summed E-state index contributed by atoms with van der Waals surface area (Å²) in [6.07, 6.45) is -0.461. The average molecular weight is 355 g/mol. The van der Waals surface area contributed by atoms with Gasteiger partial charge < -0.3 is 0 Å². The summed E-state index contributed by atoms with van der Waals surface area (Å²) in [6, 6.07) is 8.71. The number of nitriles is 1. The van der Waals surface area contributed by atoms with Crippen LogP contribution in [-0.4, -0.2) is 34.2 Å². The Morgan fingerprint density at radius 1 is 1.32 bits per heavy atom. The van der Waals surface area contributed by atoms with Gasteiger partial charge >= 0.3 is 0 Å². The van der Waals surface area contributed by atoms with Crippen molar-refractivity contribution >= 4 is 50.8 Å². The number of Topliss-reactive ketones (excluding diaryl/α,β-unsaturated/α-hetero) is 1. The van der Waals surface area contributed by atoms with Crippen LogP contribution in [0.2, 0.25) is 0 Å². The summed E-state index contributed by atoms with van der Waals surface area (Å²) >= 11 is 1.15. The van der Waals surface area contributed by atoms with E-state index in [0.29, 0.717) is 5.52 Å². The molecule has 1 fully saturated rings. The minimum Gasteiger partial charge on any atom is -0.287 e. The number of amides is 3. The van der Waals surface area contributed by atoms with Gasteiger partial charge in [-0.15, -0.1) is 11.3 Å². The van der Waals surface area contributed by atoms with E-state index in [9.17, 15) is 19.2 Å². The topological polar surface area (TPSA) is 141 Å². The number of para-hydroxylation sites is 1. The lowest BCUT2D eigenvalue weighted by Gasteiger charge is -2.19. The Balaban J connectivity index is 2.03. The average Bonchev–Trinajstić information content (AvgIpc) is 3.00. The smallest absolute Gasteiger partial charge is 0.287 e. The third-order valence-corrected chi connectivity index (χ3v) is 4.42. The first-order valence-corrected chi connectivity index (χ1v) is 7.81. The molecular formula is C15H9N5O4S. The van der Waals surface area contributed by atoms with Gasteiger partial charge in [0.25, 0.3) is 17.7 Å². The zero-order valence-corrected chi connectivity index (χ0v) is 13.3. The number of nitrogens with one attached hydrogen (secondary N) is 2. The molecule has 2 heterocycles. The lowest BCUT2D eigenvalue weighted by Crippen LogP contribution is -2.52. The van der Waals surface area contributed by atoms with Gasteiger partial charge in [-0.2, -0.15) is 10.4 Å². The molecule has 10 heteroatoms. The van der Waals surface area contributed by atoms with E-state index in [1.54, 1.807) is 30.3 Å². The second-order valence-electron chi connectivity index (χ2n) is 4.97. The highest BCUT2D eigenvalue weighted by Crippen LogP contribution is 2.30. The van der Waals surface area contributed by atoms with E-state index in [4.69, 9.17) is 5.26 Å². The number of thiazole rings is 1. The molecule has 0 spiro atoms. The molecule has 1 aromatic carbocycles. The number of carbonyl (C=O) groups excluding carboxylic acids is 4. The molecule has 1 aliphatic rings. The number of nitrogens with zero attached hydrogens (tertiary/aromatic N) is 3. The Morgan fingerprint density at radius 3 is 2.80 bits per heavy atom. The van der Waals surface area contributed by atoms with E-state index in [2.05, 4.69) is 10.1 Å². The molecule has 3 rings (SSSR count). The van der Waals surface area contributed by atoms with Crippen LogP contribution < -0.4 is 10.7 Å². The van der Waals surface area contributed by atoms with Crippen molar-refractivity contribution in [3.05, 3.63) is 29.3 Å². The number of benzene rings is 1. The molecule has 0 radical (unpaired) electrons. The molecule has 2 aromatic rings. The van der Waals surface area contributed by atoms with Gasteiger partial charge in [-0.3, -0.25) is 24.5 Å². The SMILES string of the molecule is N#CCC(=O)N/N=C1\C(=O)NC(=O)C(=O)C1c1nc2ccccc2s1. The number of hydrazone groups is 1. The Morgan fingerprint density at radius 2 is 2.08 bits per heavy atom. The summed E-state index contributed by atoms with van der Waals surface area (Å²) in [4.78, 5) is 51.7. The molecule has 1 atom stereocenters. The molecule has 124 valence electrons. The van der Waals surface area contributed by atoms with Gasteiger partial charge in [0.15, 0.2) is 0 Å². The fourth-order valence-electron chi connectivity index (χ4n) is 2.21. The molecule has 25 heavy (non-hydrogen) atoms. The van der Waals surface area contributed by atoms with Gasteiger partial charge in [0.2, 0.25) is 5.78 Å². The molecule has 3 amide bonds. The molecule has 1 aliphatic heterocycles. The minimum atomic E-state index is -1.30. The number of fused-ring (bicyclic) bond motifs is 1. The largest absolute Gasteiger partial charge is 0.295 e. The van der Waals surface area contributed by atoms with Crippen molar-refractivity contribution in [2.24, 2.45) is 5.10 Å². The number of hydrogen-bond donors (Lipinski definition) is 2. The Kier molecular flexibility index (Phi) is 4.32. The first-order valence-electron chi connectivity index (χ1n) is 6.99. The monoisotopic (exact) mass is 355 g/mol. The minimum absolute atomic E-state index is 0.225. The van der Waals surface area contributed by atoms with Gasteiger partial charge in [0.1, 0.15) is 23.1 Å². The zero-order valence-electron chi connectivity index (χ0n) is 12.5. The molecular weight excluding hydrogens is 346 g/mol. The summed E-state index contributed by atoms with van der Waals surface area (Å²) in [5, 5.41) is 14.2. The molecule has 2 N–H and O–H groups in total. The number of rotatable bonds is 3. The van der Waals surface area contributed by atoms with Crippen LogP contribution in [0.5, 0.6) is 0 Å². The van der Waals surface area contributed by atoms with Crippen molar-refractivity contribution in [1.29, 1.82) is 5.26 Å². The van der Waals surface area contributed by atoms with Crippen LogP contribution in [-0.2, 0) is 19.2 Å². The number of aromatic nitrogens is 1. The highest BCUT2D eigenvalue weighted by atomic mass is 32.1. The third-order valence-electron chi connectivity index (χ3n) is 3.32. The van der Waals surface area contributed by atoms with E-state index in [0.717, 1.165) is 16.0 Å². The van der Waals surface area contributed by atoms with Crippen molar-refractivity contribution in [3.63, 3.8) is 0 Å². The predicted molar refractivity (Wildman–Crippen MR) is 86.3 cm³/mol. The number of piperidine rings is 1. The maximum Gasteiger partial charge on any atom is 0.295 e. The lowest BCUT2D eigenvalue weighted by atomic mass is 9.94. The lowest BCUT2D eigenvalue weighted by molar-refractivity contribution is -0.141. The van der Waals surface area contributed by atoms with E-state index in [-0.39, 0.29) is 10.7 Å². The maximum absolute atomic E-state index is 12.3. The Hall–Kier alpha value is -3.45. The number of imide groups is 1. The summed E-state index contributed by atoms with van der Waals surface area (Å²) in [5.74, 6) is -4.90. The van der Waals surface area contributed by atoms with E-state index in [1.807, 2.05) is 10.7 Å². The van der Waals surface area contributed by atoms with Crippen LogP contribution in [0.3, 0.4) is 0 Å². The fraction of sp³-hybridized carbons (Fsp3) is 0.133. The van der Waals surface area contributed by atoms with Crippen LogP contribution >= 0.6 is 11.3 Å². The highest BCUT2D eigenvalue weighted by Gasteiger charge is 2.43. The van der Waals surface area contributed by atoms with Crippen molar-refractivity contribution in [2.45, 2.75) is 12.3 Å². The van der Waals surface area contributed by atoms with Crippen molar-refractivity contribution in [2.75, 3.05) is 0 Å². The van der Waals surface area contributed by atoms with Crippen LogP contribution in [0.4, 0.5) is 0 Å². The van der Waals surface area contributed by atoms with E-state index < -0.39 is 35.8 Å². The molecule has 0 aliphatic carbocycles. The molecule has 1 aromatic heterocycles. The summed E-state index contributed by atoms with van der Waals surface area (Å²) in [6.45, 7) is 0. The van der Waals surface area contributed by atoms with Crippen molar-refractivity contribution in [3.8, 4) is 6.07 Å². The second kappa shape index (κ2) is 6.58. The van der Waals surface area contributed by atoms with Gasteiger partial charge in [0, 0.05) is 0 Å². The van der Waals surface area contributed by atoms with E-state index >= 15 is 0 Å². The van der Waals surface area contributed by atoms with Crippen LogP contribution in [0.15, 0.2) is 29.4 Å². The number of carbonyl (C=O) groups is 4. The van der Waals surface area contributed by atoms with Crippen molar-refractivity contribution in [1.82, 2.24) is 15.7 Å². The summed E-state index contributed by atoms with van der Waals surface area (Å²) in [7, 11) is 0. The first kappa shape index (κ1) is 16.4. The molecule has 9 nitrogen and oxygen atoms in total. The Bertz CT molecular complexity index is 954. The maximum atomic E-state index is 12.3. The number of ketones is 1. The zero-order chi connectivity index (χ0) is 18.0. The molecule has 1 unspecified atom stereocenters. The summed E-state index contributed by atoms with van der Waals surface area (Å²) < 4.78 is 0.775. The van der Waals surface area contributed by atoms with E-state index in [1.165, 1.54) is 0 Å². The molecule has 1 saturated heterocycles. The standard InChI is InChI=1S/C15H9N5O4S/c16-6-5-9(21)19-20-11-10(12(22)14(24)18-13(11)23)15-17-7-3-1-2-4-8(7)25-15/h1-4,10H,5H2,(H,19,21)(H,18,23,24)/b20-11-. The van der Waals surface area contributed by atoms with Crippen LogP contribution in [0.1, 0.15) is 17.3 Å². The normalized spacial score (nSPS) is 18.9. The third kappa shape index (κ3) is 3.13. The Labute approximate surface area is 144 Å². The van der Waals surface area contributed by atoms with Gasteiger partial charge in [-0.1, -0.05) is 12.1 Å². The van der Waals surface area contributed by atoms with Crippen LogP contribution in [0, 0.1) is 11.3 Å². The predicted octanol–water partition coefficient (Wildman–Crippen LogP) is -0.00872. The summed E-state index contributed by atoms with van der Waals surface area (Å²) in [5.41, 5.74) is 2.29. The quantitative estimate of drug-likeness (QED) is 0.451. The fourth-order valence-corrected chi connectivity index (χ4v) is 3.28. The highest BCUT2D eigenvalue weighted by molar-refractivity contribution is 7.19.